The number of hydrogen-bond donors (Lipinski definition) is 2. The van der Waals surface area contributed by atoms with Gasteiger partial charge in [-0.25, -0.2) is 0 Å². The molecule has 0 radical (unpaired) electrons. The van der Waals surface area contributed by atoms with Gasteiger partial charge in [0.05, 0.1) is 12.1 Å². The number of nitrogens with one attached hydrogen (secondary N) is 2. The molecule has 20 heavy (non-hydrogen) atoms. The van der Waals surface area contributed by atoms with Crippen molar-refractivity contribution in [1.82, 2.24) is 5.32 Å². The van der Waals surface area contributed by atoms with Gasteiger partial charge in [-0.15, -0.1) is 0 Å². The molecule has 4 heteroatoms. The molecule has 0 spiro atoms. The van der Waals surface area contributed by atoms with Gasteiger partial charge < -0.3 is 15.4 Å². The summed E-state index contributed by atoms with van der Waals surface area (Å²) in [5.41, 5.74) is 2.01. The van der Waals surface area contributed by atoms with E-state index in [0.29, 0.717) is 0 Å². The molecule has 0 aromatic heterocycles. The topological polar surface area (TPSA) is 50.4 Å². The number of ether oxygens (including phenoxy) is 1. The summed E-state index contributed by atoms with van der Waals surface area (Å²) >= 11 is 0. The van der Waals surface area contributed by atoms with Gasteiger partial charge >= 0.3 is 0 Å². The Balaban J connectivity index is 1.83. The fraction of sp³-hybridized carbons (Fsp3) is 0.562. The summed E-state index contributed by atoms with van der Waals surface area (Å²) in [7, 11) is 0. The number of aryl methyl sites for hydroxylation is 1. The van der Waals surface area contributed by atoms with Gasteiger partial charge in [-0.2, -0.15) is 0 Å². The number of anilines is 1. The largest absolute Gasteiger partial charge is 0.377 e. The molecular weight excluding hydrogens is 252 g/mol. The van der Waals surface area contributed by atoms with E-state index in [-0.39, 0.29) is 24.1 Å². The van der Waals surface area contributed by atoms with Crippen LogP contribution in [0.25, 0.3) is 0 Å². The first-order chi connectivity index (χ1) is 9.56. The Morgan fingerprint density at radius 1 is 1.30 bits per heavy atom. The van der Waals surface area contributed by atoms with Gasteiger partial charge in [0.2, 0.25) is 5.91 Å². The van der Waals surface area contributed by atoms with E-state index in [1.54, 1.807) is 0 Å². The van der Waals surface area contributed by atoms with Crippen LogP contribution in [-0.4, -0.2) is 30.7 Å². The van der Waals surface area contributed by atoms with Crippen LogP contribution < -0.4 is 10.6 Å². The van der Waals surface area contributed by atoms with Crippen molar-refractivity contribution in [2.45, 2.75) is 51.8 Å². The van der Waals surface area contributed by atoms with E-state index in [4.69, 9.17) is 4.74 Å². The molecule has 1 aromatic rings. The second-order valence-electron chi connectivity index (χ2n) is 5.58. The van der Waals surface area contributed by atoms with E-state index in [1.165, 1.54) is 5.56 Å². The third-order valence-electron chi connectivity index (χ3n) is 3.75. The first-order valence-electron chi connectivity index (χ1n) is 7.31. The molecule has 1 amide bonds. The third kappa shape index (κ3) is 4.05. The Kier molecular flexibility index (Phi) is 5.15. The molecule has 0 saturated carbocycles. The zero-order valence-electron chi connectivity index (χ0n) is 12.5. The molecule has 1 saturated heterocycles. The molecule has 3 unspecified atom stereocenters. The Labute approximate surface area is 120 Å². The molecular formula is C16H24N2O2. The Hall–Kier alpha value is -1.39. The van der Waals surface area contributed by atoms with Crippen LogP contribution >= 0.6 is 0 Å². The van der Waals surface area contributed by atoms with Crippen molar-refractivity contribution in [1.29, 1.82) is 0 Å². The normalized spacial score (nSPS) is 21.4. The van der Waals surface area contributed by atoms with Crippen molar-refractivity contribution in [2.24, 2.45) is 0 Å². The minimum Gasteiger partial charge on any atom is -0.377 e. The van der Waals surface area contributed by atoms with Gasteiger partial charge in [0, 0.05) is 18.3 Å². The van der Waals surface area contributed by atoms with Crippen LogP contribution in [0.5, 0.6) is 0 Å². The first kappa shape index (κ1) is 15.0. The van der Waals surface area contributed by atoms with Crippen molar-refractivity contribution in [3.63, 3.8) is 0 Å². The maximum absolute atomic E-state index is 12.1. The maximum atomic E-state index is 12.1. The predicted octanol–water partition coefficient (Wildman–Crippen LogP) is 2.48. The fourth-order valence-corrected chi connectivity index (χ4v) is 2.46. The van der Waals surface area contributed by atoms with E-state index in [2.05, 4.69) is 17.6 Å². The van der Waals surface area contributed by atoms with E-state index in [9.17, 15) is 4.79 Å². The maximum Gasteiger partial charge on any atom is 0.241 e. The van der Waals surface area contributed by atoms with Gasteiger partial charge in [-0.05, 0) is 45.7 Å². The minimum atomic E-state index is -0.240. The van der Waals surface area contributed by atoms with Crippen LogP contribution in [0.1, 0.15) is 32.3 Å². The highest BCUT2D eigenvalue weighted by Gasteiger charge is 2.25. The number of benzene rings is 1. The lowest BCUT2D eigenvalue weighted by Crippen LogP contribution is -2.47. The summed E-state index contributed by atoms with van der Waals surface area (Å²) in [6, 6.07) is 7.77. The van der Waals surface area contributed by atoms with Crippen LogP contribution in [0, 0.1) is 6.92 Å². The van der Waals surface area contributed by atoms with Crippen molar-refractivity contribution >= 4 is 11.6 Å². The van der Waals surface area contributed by atoms with E-state index < -0.39 is 0 Å². The number of carbonyl (C=O) groups is 1. The van der Waals surface area contributed by atoms with Gasteiger partial charge in [0.25, 0.3) is 0 Å². The zero-order valence-corrected chi connectivity index (χ0v) is 12.5. The zero-order chi connectivity index (χ0) is 14.5. The lowest BCUT2D eigenvalue weighted by Gasteiger charge is -2.24. The SMILES string of the molecule is Cc1ccc(NC(=O)C(C)NC(C)C2CCCO2)cc1. The standard InChI is InChI=1S/C16H24N2O2/c1-11-6-8-14(9-7-11)18-16(19)13(3)17-12(2)15-5-4-10-20-15/h6-9,12-13,15,17H,4-5,10H2,1-3H3,(H,18,19). The van der Waals surface area contributed by atoms with Crippen molar-refractivity contribution in [3.8, 4) is 0 Å². The number of hydrogen-bond acceptors (Lipinski definition) is 3. The summed E-state index contributed by atoms with van der Waals surface area (Å²) in [5.74, 6) is -0.0151. The molecule has 2 rings (SSSR count). The number of amides is 1. The average molecular weight is 276 g/mol. The minimum absolute atomic E-state index is 0.0151. The van der Waals surface area contributed by atoms with E-state index in [0.717, 1.165) is 25.1 Å². The molecule has 110 valence electrons. The van der Waals surface area contributed by atoms with Crippen LogP contribution in [0.4, 0.5) is 5.69 Å². The lowest BCUT2D eigenvalue weighted by molar-refractivity contribution is -0.118. The molecule has 0 aliphatic carbocycles. The molecule has 1 aliphatic rings. The Bertz CT molecular complexity index is 438. The Morgan fingerprint density at radius 3 is 2.60 bits per heavy atom. The van der Waals surface area contributed by atoms with Gasteiger partial charge in [-0.1, -0.05) is 17.7 Å². The summed E-state index contributed by atoms with van der Waals surface area (Å²) in [4.78, 5) is 12.1. The Morgan fingerprint density at radius 2 is 2.00 bits per heavy atom. The lowest BCUT2D eigenvalue weighted by atomic mass is 10.1. The van der Waals surface area contributed by atoms with Crippen molar-refractivity contribution in [2.75, 3.05) is 11.9 Å². The summed E-state index contributed by atoms with van der Waals surface area (Å²) in [6.07, 6.45) is 2.41. The second-order valence-corrected chi connectivity index (χ2v) is 5.58. The van der Waals surface area contributed by atoms with Crippen LogP contribution in [0.2, 0.25) is 0 Å². The summed E-state index contributed by atoms with van der Waals surface area (Å²) in [5, 5.41) is 6.24. The van der Waals surface area contributed by atoms with Crippen molar-refractivity contribution < 1.29 is 9.53 Å². The molecule has 4 nitrogen and oxygen atoms in total. The quantitative estimate of drug-likeness (QED) is 0.868. The molecule has 1 aromatic carbocycles. The van der Waals surface area contributed by atoms with Gasteiger partial charge in [0.15, 0.2) is 0 Å². The molecule has 3 atom stereocenters. The molecule has 1 fully saturated rings. The molecule has 0 bridgehead atoms. The monoisotopic (exact) mass is 276 g/mol. The average Bonchev–Trinajstić information content (AvgIpc) is 2.95. The highest BCUT2D eigenvalue weighted by Crippen LogP contribution is 2.16. The summed E-state index contributed by atoms with van der Waals surface area (Å²) in [6.45, 7) is 6.82. The molecule has 1 aliphatic heterocycles. The smallest absolute Gasteiger partial charge is 0.241 e. The fourth-order valence-electron chi connectivity index (χ4n) is 2.46. The number of rotatable bonds is 5. The highest BCUT2D eigenvalue weighted by molar-refractivity contribution is 5.94. The van der Waals surface area contributed by atoms with Gasteiger partial charge in [-0.3, -0.25) is 4.79 Å². The summed E-state index contributed by atoms with van der Waals surface area (Å²) < 4.78 is 5.63. The highest BCUT2D eigenvalue weighted by atomic mass is 16.5. The van der Waals surface area contributed by atoms with E-state index in [1.807, 2.05) is 38.1 Å². The number of carbonyl (C=O) groups excluding carboxylic acids is 1. The second kappa shape index (κ2) is 6.86. The van der Waals surface area contributed by atoms with E-state index >= 15 is 0 Å². The van der Waals surface area contributed by atoms with Crippen LogP contribution in [0.15, 0.2) is 24.3 Å². The van der Waals surface area contributed by atoms with Crippen LogP contribution in [-0.2, 0) is 9.53 Å². The molecule has 1 heterocycles. The van der Waals surface area contributed by atoms with Crippen molar-refractivity contribution in [3.05, 3.63) is 29.8 Å². The third-order valence-corrected chi connectivity index (χ3v) is 3.75. The van der Waals surface area contributed by atoms with Gasteiger partial charge in [0.1, 0.15) is 0 Å². The molecule has 2 N–H and O–H groups in total. The first-order valence-corrected chi connectivity index (χ1v) is 7.31. The van der Waals surface area contributed by atoms with Crippen LogP contribution in [0.3, 0.4) is 0 Å². The predicted molar refractivity (Wildman–Crippen MR) is 80.8 cm³/mol.